The summed E-state index contributed by atoms with van der Waals surface area (Å²) < 4.78 is 29.5. The predicted octanol–water partition coefficient (Wildman–Crippen LogP) is 6.43. The minimum absolute atomic E-state index is 0.00896. The molecule has 0 saturated heterocycles. The van der Waals surface area contributed by atoms with Crippen LogP contribution in [-0.2, 0) is 26.2 Å². The van der Waals surface area contributed by atoms with E-state index < -0.39 is 28.5 Å². The van der Waals surface area contributed by atoms with Gasteiger partial charge in [-0.05, 0) is 67.8 Å². The third-order valence-corrected chi connectivity index (χ3v) is 9.78. The summed E-state index contributed by atoms with van der Waals surface area (Å²) in [4.78, 5) is 28.7. The van der Waals surface area contributed by atoms with Crippen molar-refractivity contribution in [2.45, 2.75) is 56.1 Å². The lowest BCUT2D eigenvalue weighted by atomic mass is 10.1. The highest BCUT2D eigenvalue weighted by Crippen LogP contribution is 2.33. The second kappa shape index (κ2) is 13.4. The molecule has 2 amide bonds. The molecule has 7 nitrogen and oxygen atoms in total. The summed E-state index contributed by atoms with van der Waals surface area (Å²) in [6.07, 6.45) is 3.89. The van der Waals surface area contributed by atoms with Crippen LogP contribution in [0.4, 0.5) is 5.69 Å². The summed E-state index contributed by atoms with van der Waals surface area (Å²) in [5, 5.41) is 3.43. The highest BCUT2D eigenvalue weighted by Gasteiger charge is 2.34. The molecule has 0 aromatic heterocycles. The summed E-state index contributed by atoms with van der Waals surface area (Å²) in [6.45, 7) is 1.17. The van der Waals surface area contributed by atoms with E-state index in [0.717, 1.165) is 40.0 Å². The molecule has 4 rings (SSSR count). The van der Waals surface area contributed by atoms with Crippen molar-refractivity contribution in [3.8, 4) is 0 Å². The van der Waals surface area contributed by atoms with Crippen molar-refractivity contribution >= 4 is 66.7 Å². The van der Waals surface area contributed by atoms with Gasteiger partial charge < -0.3 is 10.2 Å². The lowest BCUT2D eigenvalue weighted by Gasteiger charge is -2.32. The van der Waals surface area contributed by atoms with Crippen LogP contribution in [0.3, 0.4) is 0 Å². The minimum Gasteiger partial charge on any atom is -0.352 e. The fourth-order valence-electron chi connectivity index (χ4n) is 4.67. The average Bonchev–Trinajstić information content (AvgIpc) is 3.45. The Morgan fingerprint density at radius 3 is 2.30 bits per heavy atom. The van der Waals surface area contributed by atoms with Crippen LogP contribution < -0.4 is 9.62 Å². The van der Waals surface area contributed by atoms with E-state index in [2.05, 4.69) is 21.2 Å². The molecule has 3 aromatic rings. The first kappa shape index (κ1) is 30.4. The number of amides is 2. The fourth-order valence-corrected chi connectivity index (χ4v) is 6.82. The van der Waals surface area contributed by atoms with Crippen molar-refractivity contribution in [2.75, 3.05) is 10.8 Å². The number of halogens is 3. The van der Waals surface area contributed by atoms with Gasteiger partial charge in [0.15, 0.2) is 0 Å². The van der Waals surface area contributed by atoms with Gasteiger partial charge in [0, 0.05) is 22.1 Å². The van der Waals surface area contributed by atoms with Crippen LogP contribution in [-0.4, -0.2) is 43.8 Å². The molecular weight excluding hydrogens is 637 g/mol. The Bertz CT molecular complexity index is 1450. The Hall–Kier alpha value is -2.59. The van der Waals surface area contributed by atoms with Crippen molar-refractivity contribution in [1.29, 1.82) is 0 Å². The molecule has 0 unspecified atom stereocenters. The molecule has 1 aliphatic carbocycles. The SMILES string of the molecule is C[C@@H](C(=O)NC1CCCC1)N(Cc1ccc(Br)cc1)C(=O)CN(c1cc(Cl)ccc1Cl)S(=O)(=O)c1ccccc1. The molecule has 0 radical (unpaired) electrons. The summed E-state index contributed by atoms with van der Waals surface area (Å²) in [7, 11) is -4.23. The van der Waals surface area contributed by atoms with Gasteiger partial charge >= 0.3 is 0 Å². The number of nitrogens with zero attached hydrogens (tertiary/aromatic N) is 2. The Morgan fingerprint density at radius 1 is 1.00 bits per heavy atom. The summed E-state index contributed by atoms with van der Waals surface area (Å²) in [6, 6.07) is 18.8. The molecule has 1 atom stereocenters. The smallest absolute Gasteiger partial charge is 0.264 e. The third-order valence-electron chi connectivity index (χ3n) is 6.92. The number of hydrogen-bond donors (Lipinski definition) is 1. The number of benzene rings is 3. The number of hydrogen-bond acceptors (Lipinski definition) is 4. The second-order valence-corrected chi connectivity index (χ2v) is 13.4. The van der Waals surface area contributed by atoms with Crippen molar-refractivity contribution in [3.63, 3.8) is 0 Å². The maximum atomic E-state index is 14.0. The molecule has 0 aliphatic heterocycles. The van der Waals surface area contributed by atoms with Gasteiger partial charge in [0.1, 0.15) is 12.6 Å². The molecule has 3 aromatic carbocycles. The maximum absolute atomic E-state index is 14.0. The van der Waals surface area contributed by atoms with E-state index in [1.165, 1.54) is 35.2 Å². The van der Waals surface area contributed by atoms with Crippen molar-refractivity contribution in [2.24, 2.45) is 0 Å². The Morgan fingerprint density at radius 2 is 1.65 bits per heavy atom. The van der Waals surface area contributed by atoms with Gasteiger partial charge in [-0.15, -0.1) is 0 Å². The standard InChI is InChI=1S/C29H30BrCl2N3O4S/c1-20(29(37)33-24-7-5-6-8-24)34(18-21-11-13-22(30)14-12-21)28(36)19-35(27-17-23(31)15-16-26(27)32)40(38,39)25-9-3-2-4-10-25/h2-4,9-17,20,24H,5-8,18-19H2,1H3,(H,33,37)/t20-/m0/s1. The lowest BCUT2D eigenvalue weighted by Crippen LogP contribution is -2.52. The van der Waals surface area contributed by atoms with E-state index in [1.54, 1.807) is 25.1 Å². The molecular formula is C29H30BrCl2N3O4S. The summed E-state index contributed by atoms with van der Waals surface area (Å²) in [5.74, 6) is -0.844. The molecule has 0 bridgehead atoms. The van der Waals surface area contributed by atoms with E-state index in [-0.39, 0.29) is 39.1 Å². The zero-order chi connectivity index (χ0) is 28.9. The average molecular weight is 667 g/mol. The normalized spacial score (nSPS) is 14.5. The van der Waals surface area contributed by atoms with Crippen LogP contribution >= 0.6 is 39.1 Å². The number of carbonyl (C=O) groups is 2. The summed E-state index contributed by atoms with van der Waals surface area (Å²) >= 11 is 16.1. The van der Waals surface area contributed by atoms with E-state index >= 15 is 0 Å². The van der Waals surface area contributed by atoms with Gasteiger partial charge in [0.05, 0.1) is 15.6 Å². The van der Waals surface area contributed by atoms with Gasteiger partial charge in [-0.25, -0.2) is 8.42 Å². The predicted molar refractivity (Wildman–Crippen MR) is 162 cm³/mol. The topological polar surface area (TPSA) is 86.8 Å². The first-order valence-electron chi connectivity index (χ1n) is 12.9. The molecule has 40 heavy (non-hydrogen) atoms. The summed E-state index contributed by atoms with van der Waals surface area (Å²) in [5.41, 5.74) is 0.855. The van der Waals surface area contributed by atoms with Gasteiger partial charge in [-0.2, -0.15) is 0 Å². The molecule has 212 valence electrons. The first-order valence-corrected chi connectivity index (χ1v) is 15.9. The van der Waals surface area contributed by atoms with E-state index in [0.29, 0.717) is 0 Å². The Labute approximate surface area is 253 Å². The van der Waals surface area contributed by atoms with E-state index in [9.17, 15) is 18.0 Å². The molecule has 1 aliphatic rings. The molecule has 1 saturated carbocycles. The number of nitrogens with one attached hydrogen (secondary N) is 1. The van der Waals surface area contributed by atoms with Crippen molar-refractivity contribution < 1.29 is 18.0 Å². The van der Waals surface area contributed by atoms with Crippen LogP contribution in [0.25, 0.3) is 0 Å². The highest BCUT2D eigenvalue weighted by atomic mass is 79.9. The van der Waals surface area contributed by atoms with Crippen LogP contribution in [0.15, 0.2) is 82.2 Å². The third kappa shape index (κ3) is 7.37. The van der Waals surface area contributed by atoms with Crippen molar-refractivity contribution in [1.82, 2.24) is 10.2 Å². The van der Waals surface area contributed by atoms with Crippen molar-refractivity contribution in [3.05, 3.63) is 92.9 Å². The van der Waals surface area contributed by atoms with E-state index in [4.69, 9.17) is 23.2 Å². The van der Waals surface area contributed by atoms with Crippen LogP contribution in [0.5, 0.6) is 0 Å². The number of anilines is 1. The number of rotatable bonds is 10. The molecule has 1 fully saturated rings. The second-order valence-electron chi connectivity index (χ2n) is 9.73. The molecule has 0 heterocycles. The zero-order valence-electron chi connectivity index (χ0n) is 21.9. The lowest BCUT2D eigenvalue weighted by molar-refractivity contribution is -0.139. The molecule has 11 heteroatoms. The monoisotopic (exact) mass is 665 g/mol. The Balaban J connectivity index is 1.70. The molecule has 0 spiro atoms. The highest BCUT2D eigenvalue weighted by molar-refractivity contribution is 9.10. The number of sulfonamides is 1. The maximum Gasteiger partial charge on any atom is 0.264 e. The van der Waals surface area contributed by atoms with Gasteiger partial charge in [0.25, 0.3) is 10.0 Å². The van der Waals surface area contributed by atoms with Gasteiger partial charge in [-0.1, -0.05) is 82.3 Å². The van der Waals surface area contributed by atoms with Gasteiger partial charge in [0.2, 0.25) is 11.8 Å². The van der Waals surface area contributed by atoms with E-state index in [1.807, 2.05) is 24.3 Å². The van der Waals surface area contributed by atoms with Crippen LogP contribution in [0.1, 0.15) is 38.2 Å². The number of carbonyl (C=O) groups excluding carboxylic acids is 2. The van der Waals surface area contributed by atoms with Crippen LogP contribution in [0, 0.1) is 0 Å². The largest absolute Gasteiger partial charge is 0.352 e. The van der Waals surface area contributed by atoms with Gasteiger partial charge in [-0.3, -0.25) is 13.9 Å². The first-order chi connectivity index (χ1) is 19.1. The molecule has 1 N–H and O–H groups in total. The minimum atomic E-state index is -4.23. The fraction of sp³-hybridized carbons (Fsp3) is 0.310. The van der Waals surface area contributed by atoms with Crippen LogP contribution in [0.2, 0.25) is 10.0 Å². The quantitative estimate of drug-likeness (QED) is 0.270. The zero-order valence-corrected chi connectivity index (χ0v) is 25.8. The Kier molecular flexibility index (Phi) is 10.2.